The van der Waals surface area contributed by atoms with Gasteiger partial charge < -0.3 is 10.6 Å². The largest absolute Gasteiger partial charge is 0.352 e. The fourth-order valence-corrected chi connectivity index (χ4v) is 2.69. The monoisotopic (exact) mass is 322 g/mol. The number of carbonyl (C=O) groups excluding carboxylic acids is 2. The van der Waals surface area contributed by atoms with Crippen LogP contribution < -0.4 is 10.6 Å². The third-order valence-electron chi connectivity index (χ3n) is 4.43. The minimum absolute atomic E-state index is 0.0845. The molecule has 2 amide bonds. The number of anilines is 1. The maximum atomic E-state index is 12.1. The predicted molar refractivity (Wildman–Crippen MR) is 94.9 cm³/mol. The van der Waals surface area contributed by atoms with Gasteiger partial charge in [0.25, 0.3) is 5.91 Å². The van der Waals surface area contributed by atoms with Gasteiger partial charge in [-0.25, -0.2) is 0 Å². The summed E-state index contributed by atoms with van der Waals surface area (Å²) >= 11 is 0. The van der Waals surface area contributed by atoms with E-state index in [9.17, 15) is 9.59 Å². The van der Waals surface area contributed by atoms with Crippen molar-refractivity contribution in [2.24, 2.45) is 5.92 Å². The molecule has 0 aliphatic heterocycles. The van der Waals surface area contributed by atoms with Gasteiger partial charge in [0.1, 0.15) is 0 Å². The SMILES string of the molecule is O=C(NCCc1ccccc1)c1ccc(NC(=O)C2CCC2)cc1. The summed E-state index contributed by atoms with van der Waals surface area (Å²) in [7, 11) is 0. The predicted octanol–water partition coefficient (Wildman–Crippen LogP) is 3.40. The fourth-order valence-electron chi connectivity index (χ4n) is 2.69. The minimum atomic E-state index is -0.0946. The van der Waals surface area contributed by atoms with Gasteiger partial charge in [0.05, 0.1) is 0 Å². The molecule has 0 aromatic heterocycles. The van der Waals surface area contributed by atoms with Gasteiger partial charge in [-0.1, -0.05) is 36.8 Å². The molecule has 0 radical (unpaired) electrons. The van der Waals surface area contributed by atoms with E-state index >= 15 is 0 Å². The molecule has 0 spiro atoms. The van der Waals surface area contributed by atoms with E-state index < -0.39 is 0 Å². The van der Waals surface area contributed by atoms with E-state index in [1.54, 1.807) is 24.3 Å². The van der Waals surface area contributed by atoms with Gasteiger partial charge in [0.2, 0.25) is 5.91 Å². The van der Waals surface area contributed by atoms with Crippen LogP contribution in [0, 0.1) is 5.92 Å². The summed E-state index contributed by atoms with van der Waals surface area (Å²) in [4.78, 5) is 24.0. The van der Waals surface area contributed by atoms with E-state index in [4.69, 9.17) is 0 Å². The summed E-state index contributed by atoms with van der Waals surface area (Å²) in [5.41, 5.74) is 2.55. The molecule has 24 heavy (non-hydrogen) atoms. The number of benzene rings is 2. The van der Waals surface area contributed by atoms with Crippen molar-refractivity contribution < 1.29 is 9.59 Å². The standard InChI is InChI=1S/C20H22N2O2/c23-19(21-14-13-15-5-2-1-3-6-15)17-9-11-18(12-10-17)22-20(24)16-7-4-8-16/h1-3,5-6,9-12,16H,4,7-8,13-14H2,(H,21,23)(H,22,24). The van der Waals surface area contributed by atoms with E-state index in [1.165, 1.54) is 5.56 Å². The Morgan fingerprint density at radius 1 is 0.958 bits per heavy atom. The Balaban J connectivity index is 1.47. The maximum Gasteiger partial charge on any atom is 0.251 e. The summed E-state index contributed by atoms with van der Waals surface area (Å²) < 4.78 is 0. The number of amides is 2. The van der Waals surface area contributed by atoms with E-state index in [-0.39, 0.29) is 17.7 Å². The third-order valence-corrected chi connectivity index (χ3v) is 4.43. The van der Waals surface area contributed by atoms with Crippen molar-refractivity contribution in [1.82, 2.24) is 5.32 Å². The normalized spacial score (nSPS) is 13.8. The zero-order chi connectivity index (χ0) is 16.8. The van der Waals surface area contributed by atoms with Crippen LogP contribution in [0.1, 0.15) is 35.2 Å². The Labute approximate surface area is 142 Å². The lowest BCUT2D eigenvalue weighted by atomic mass is 9.85. The highest BCUT2D eigenvalue weighted by atomic mass is 16.2. The molecule has 3 rings (SSSR count). The van der Waals surface area contributed by atoms with Crippen molar-refractivity contribution in [2.75, 3.05) is 11.9 Å². The first-order chi connectivity index (χ1) is 11.7. The van der Waals surface area contributed by atoms with Crippen molar-refractivity contribution in [3.63, 3.8) is 0 Å². The highest BCUT2D eigenvalue weighted by Crippen LogP contribution is 2.27. The molecular weight excluding hydrogens is 300 g/mol. The topological polar surface area (TPSA) is 58.2 Å². The zero-order valence-corrected chi connectivity index (χ0v) is 13.6. The van der Waals surface area contributed by atoms with Crippen molar-refractivity contribution >= 4 is 17.5 Å². The molecule has 124 valence electrons. The molecule has 2 N–H and O–H groups in total. The molecule has 0 unspecified atom stereocenters. The van der Waals surface area contributed by atoms with Crippen LogP contribution in [0.25, 0.3) is 0 Å². The summed E-state index contributed by atoms with van der Waals surface area (Å²) in [6.45, 7) is 0.600. The van der Waals surface area contributed by atoms with Crippen LogP contribution in [-0.2, 0) is 11.2 Å². The minimum Gasteiger partial charge on any atom is -0.352 e. The molecule has 1 aliphatic carbocycles. The molecular formula is C20H22N2O2. The quantitative estimate of drug-likeness (QED) is 0.856. The van der Waals surface area contributed by atoms with Crippen molar-refractivity contribution in [3.8, 4) is 0 Å². The van der Waals surface area contributed by atoms with Gasteiger partial charge in [-0.2, -0.15) is 0 Å². The van der Waals surface area contributed by atoms with E-state index in [0.29, 0.717) is 12.1 Å². The molecule has 4 nitrogen and oxygen atoms in total. The van der Waals surface area contributed by atoms with Crippen LogP contribution in [0.5, 0.6) is 0 Å². The van der Waals surface area contributed by atoms with Crippen LogP contribution >= 0.6 is 0 Å². The lowest BCUT2D eigenvalue weighted by molar-refractivity contribution is -0.122. The van der Waals surface area contributed by atoms with Gasteiger partial charge in [-0.3, -0.25) is 9.59 Å². The fraction of sp³-hybridized carbons (Fsp3) is 0.300. The lowest BCUT2D eigenvalue weighted by Crippen LogP contribution is -2.28. The Morgan fingerprint density at radius 3 is 2.29 bits per heavy atom. The number of hydrogen-bond donors (Lipinski definition) is 2. The van der Waals surface area contributed by atoms with E-state index in [2.05, 4.69) is 10.6 Å². The Kier molecular flexibility index (Phi) is 5.26. The lowest BCUT2D eigenvalue weighted by Gasteiger charge is -2.24. The van der Waals surface area contributed by atoms with Crippen LogP contribution in [-0.4, -0.2) is 18.4 Å². The number of hydrogen-bond acceptors (Lipinski definition) is 2. The van der Waals surface area contributed by atoms with Crippen LogP contribution in [0.3, 0.4) is 0 Å². The molecule has 0 saturated heterocycles. The second kappa shape index (κ2) is 7.77. The molecule has 4 heteroatoms. The summed E-state index contributed by atoms with van der Waals surface area (Å²) in [5, 5.41) is 5.82. The Hall–Kier alpha value is -2.62. The first-order valence-corrected chi connectivity index (χ1v) is 8.45. The molecule has 2 aromatic rings. The highest BCUT2D eigenvalue weighted by molar-refractivity contribution is 5.96. The van der Waals surface area contributed by atoms with E-state index in [0.717, 1.165) is 31.4 Å². The Morgan fingerprint density at radius 2 is 1.67 bits per heavy atom. The van der Waals surface area contributed by atoms with Crippen LogP contribution in [0.15, 0.2) is 54.6 Å². The average Bonchev–Trinajstić information content (AvgIpc) is 2.54. The molecule has 1 aliphatic rings. The highest BCUT2D eigenvalue weighted by Gasteiger charge is 2.25. The average molecular weight is 322 g/mol. The second-order valence-corrected chi connectivity index (χ2v) is 6.19. The zero-order valence-electron chi connectivity index (χ0n) is 13.6. The van der Waals surface area contributed by atoms with Gasteiger partial charge in [0.15, 0.2) is 0 Å². The van der Waals surface area contributed by atoms with Crippen LogP contribution in [0.4, 0.5) is 5.69 Å². The van der Waals surface area contributed by atoms with Crippen molar-refractivity contribution in [2.45, 2.75) is 25.7 Å². The Bertz CT molecular complexity index is 691. The first-order valence-electron chi connectivity index (χ1n) is 8.45. The first kappa shape index (κ1) is 16.2. The second-order valence-electron chi connectivity index (χ2n) is 6.19. The van der Waals surface area contributed by atoms with Crippen molar-refractivity contribution in [3.05, 3.63) is 65.7 Å². The number of rotatable bonds is 6. The summed E-state index contributed by atoms with van der Waals surface area (Å²) in [6, 6.07) is 17.1. The maximum absolute atomic E-state index is 12.1. The van der Waals surface area contributed by atoms with E-state index in [1.807, 2.05) is 30.3 Å². The third kappa shape index (κ3) is 4.22. The number of nitrogens with one attached hydrogen (secondary N) is 2. The van der Waals surface area contributed by atoms with Crippen molar-refractivity contribution in [1.29, 1.82) is 0 Å². The van der Waals surface area contributed by atoms with Gasteiger partial charge in [0, 0.05) is 23.7 Å². The van der Waals surface area contributed by atoms with Crippen LogP contribution in [0.2, 0.25) is 0 Å². The molecule has 1 fully saturated rings. The smallest absolute Gasteiger partial charge is 0.251 e. The molecule has 0 heterocycles. The molecule has 1 saturated carbocycles. The molecule has 0 atom stereocenters. The van der Waals surface area contributed by atoms with Gasteiger partial charge in [-0.15, -0.1) is 0 Å². The van der Waals surface area contributed by atoms with Gasteiger partial charge >= 0.3 is 0 Å². The summed E-state index contributed by atoms with van der Waals surface area (Å²) in [6.07, 6.45) is 3.91. The molecule has 2 aromatic carbocycles. The number of carbonyl (C=O) groups is 2. The van der Waals surface area contributed by atoms with Gasteiger partial charge in [-0.05, 0) is 49.1 Å². The molecule has 0 bridgehead atoms. The summed E-state index contributed by atoms with van der Waals surface area (Å²) in [5.74, 6) is 0.148.